The zero-order valence-electron chi connectivity index (χ0n) is 18.1. The van der Waals surface area contributed by atoms with E-state index in [1.54, 1.807) is 12.2 Å². The van der Waals surface area contributed by atoms with E-state index >= 15 is 0 Å². The van der Waals surface area contributed by atoms with Gasteiger partial charge >= 0.3 is 11.9 Å². The second-order valence-corrected chi connectivity index (χ2v) is 8.41. The van der Waals surface area contributed by atoms with Crippen molar-refractivity contribution in [3.05, 3.63) is 12.2 Å². The molecule has 2 amide bonds. The molecular weight excluding hydrogens is 410 g/mol. The second kappa shape index (κ2) is 12.1. The Morgan fingerprint density at radius 2 is 1.77 bits per heavy atom. The van der Waals surface area contributed by atoms with Gasteiger partial charge in [0, 0.05) is 25.3 Å². The summed E-state index contributed by atoms with van der Waals surface area (Å²) in [5.41, 5.74) is 0. The van der Waals surface area contributed by atoms with Crippen molar-refractivity contribution in [3.63, 3.8) is 0 Å². The molecule has 0 aromatic heterocycles. The number of halogens is 2. The molecule has 0 spiro atoms. The third kappa shape index (κ3) is 7.87. The van der Waals surface area contributed by atoms with Crippen LogP contribution in [0.3, 0.4) is 0 Å². The number of carboxylic acids is 1. The van der Waals surface area contributed by atoms with E-state index in [1.165, 1.54) is 0 Å². The summed E-state index contributed by atoms with van der Waals surface area (Å²) in [5, 5.41) is 14.0. The van der Waals surface area contributed by atoms with Gasteiger partial charge in [-0.3, -0.25) is 9.59 Å². The maximum atomic E-state index is 13.1. The highest BCUT2D eigenvalue weighted by molar-refractivity contribution is 5.84. The number of fused-ring (bicyclic) bond motifs is 2. The molecule has 2 saturated heterocycles. The minimum Gasteiger partial charge on any atom is -0.477 e. The number of hydrogen-bond donors (Lipinski definition) is 3. The first-order chi connectivity index (χ1) is 14.7. The summed E-state index contributed by atoms with van der Waals surface area (Å²) in [6.45, 7) is 2.46. The van der Waals surface area contributed by atoms with E-state index in [9.17, 15) is 23.2 Å². The number of carbonyl (C=O) groups excluding carboxylic acids is 2. The standard InChI is InChI=1S/C22H34F2N2O5/c1-2-3-5-9-19(27)26-14-20(28)25-13-16-15(17-10-11-18(16)31-17)8-6-4-7-12-22(23,24)21(29)30/h4,6,15-18H,2-3,5,7-14H2,1H3,(H,25,28)(H,26,27)(H,29,30)/b6-4-/t15-,16+,17-,18+/m1/s1. The van der Waals surface area contributed by atoms with Crippen LogP contribution in [0, 0.1) is 11.8 Å². The normalized spacial score (nSPS) is 25.1. The number of allylic oxidation sites excluding steroid dienone is 2. The molecule has 31 heavy (non-hydrogen) atoms. The molecular formula is C22H34F2N2O5. The van der Waals surface area contributed by atoms with Crippen molar-refractivity contribution in [2.45, 2.75) is 82.8 Å². The SMILES string of the molecule is CCCCCC(=O)NCC(=O)NC[C@H]1[C@@H](C/C=C\CCC(F)(F)C(=O)O)[C@H]2CC[C@@H]1O2. The summed E-state index contributed by atoms with van der Waals surface area (Å²) >= 11 is 0. The van der Waals surface area contributed by atoms with Crippen LogP contribution in [0.2, 0.25) is 0 Å². The van der Waals surface area contributed by atoms with Gasteiger partial charge in [-0.2, -0.15) is 8.78 Å². The van der Waals surface area contributed by atoms with Gasteiger partial charge in [0.15, 0.2) is 0 Å². The largest absolute Gasteiger partial charge is 0.477 e. The molecule has 2 fully saturated rings. The van der Waals surface area contributed by atoms with Crippen LogP contribution in [0.15, 0.2) is 12.2 Å². The van der Waals surface area contributed by atoms with Gasteiger partial charge in [0.1, 0.15) is 0 Å². The average molecular weight is 445 g/mol. The molecule has 3 N–H and O–H groups in total. The first-order valence-corrected chi connectivity index (χ1v) is 11.2. The summed E-state index contributed by atoms with van der Waals surface area (Å²) in [6, 6.07) is 0. The highest BCUT2D eigenvalue weighted by Crippen LogP contribution is 2.44. The summed E-state index contributed by atoms with van der Waals surface area (Å²) in [5.74, 6) is -5.86. The molecule has 9 heteroatoms. The third-order valence-electron chi connectivity index (χ3n) is 6.09. The Balaban J connectivity index is 1.72. The van der Waals surface area contributed by atoms with Gasteiger partial charge in [-0.1, -0.05) is 31.9 Å². The van der Waals surface area contributed by atoms with Gasteiger partial charge in [0.05, 0.1) is 18.8 Å². The van der Waals surface area contributed by atoms with Crippen LogP contribution in [0.25, 0.3) is 0 Å². The lowest BCUT2D eigenvalue weighted by Crippen LogP contribution is -2.42. The number of alkyl halides is 2. The van der Waals surface area contributed by atoms with Crippen LogP contribution >= 0.6 is 0 Å². The van der Waals surface area contributed by atoms with Gasteiger partial charge in [0.25, 0.3) is 0 Å². The van der Waals surface area contributed by atoms with E-state index < -0.39 is 18.3 Å². The first-order valence-electron chi connectivity index (χ1n) is 11.2. The summed E-state index contributed by atoms with van der Waals surface area (Å²) in [7, 11) is 0. The van der Waals surface area contributed by atoms with Crippen LogP contribution in [0.4, 0.5) is 8.78 Å². The lowest BCUT2D eigenvalue weighted by molar-refractivity contribution is -0.165. The Bertz CT molecular complexity index is 656. The number of carboxylic acid groups (broad SMARTS) is 1. The number of nitrogens with one attached hydrogen (secondary N) is 2. The van der Waals surface area contributed by atoms with E-state index in [4.69, 9.17) is 9.84 Å². The van der Waals surface area contributed by atoms with Crippen LogP contribution in [-0.4, -0.2) is 54.1 Å². The first kappa shape index (κ1) is 25.2. The van der Waals surface area contributed by atoms with E-state index in [-0.39, 0.29) is 48.8 Å². The molecule has 0 unspecified atom stereocenters. The summed E-state index contributed by atoms with van der Waals surface area (Å²) in [4.78, 5) is 34.3. The minimum atomic E-state index is -3.71. The van der Waals surface area contributed by atoms with Crippen molar-refractivity contribution in [2.75, 3.05) is 13.1 Å². The van der Waals surface area contributed by atoms with Gasteiger partial charge < -0.3 is 20.5 Å². The van der Waals surface area contributed by atoms with E-state index in [1.807, 2.05) is 0 Å². The van der Waals surface area contributed by atoms with Gasteiger partial charge in [-0.15, -0.1) is 0 Å². The number of carbonyl (C=O) groups is 3. The number of amides is 2. The van der Waals surface area contributed by atoms with Crippen molar-refractivity contribution in [1.29, 1.82) is 0 Å². The predicted octanol–water partition coefficient (Wildman–Crippen LogP) is 3.04. The lowest BCUT2D eigenvalue weighted by atomic mass is 9.77. The minimum absolute atomic E-state index is 0.0136. The van der Waals surface area contributed by atoms with E-state index in [2.05, 4.69) is 17.6 Å². The van der Waals surface area contributed by atoms with Gasteiger partial charge in [-0.05, 0) is 38.0 Å². The highest BCUT2D eigenvalue weighted by Gasteiger charge is 2.48. The van der Waals surface area contributed by atoms with Crippen molar-refractivity contribution in [2.24, 2.45) is 11.8 Å². The molecule has 0 radical (unpaired) electrons. The topological polar surface area (TPSA) is 105 Å². The number of aliphatic carboxylic acids is 1. The van der Waals surface area contributed by atoms with Crippen molar-refractivity contribution < 1.29 is 33.0 Å². The fraction of sp³-hybridized carbons (Fsp3) is 0.773. The fourth-order valence-corrected chi connectivity index (χ4v) is 4.32. The van der Waals surface area contributed by atoms with Gasteiger partial charge in [0.2, 0.25) is 11.8 Å². The maximum absolute atomic E-state index is 13.1. The molecule has 176 valence electrons. The quantitative estimate of drug-likeness (QED) is 0.282. The Labute approximate surface area is 182 Å². The fourth-order valence-electron chi connectivity index (χ4n) is 4.32. The van der Waals surface area contributed by atoms with Crippen molar-refractivity contribution in [3.8, 4) is 0 Å². The molecule has 2 rings (SSSR count). The molecule has 0 aliphatic carbocycles. The molecule has 2 aliphatic rings. The monoisotopic (exact) mass is 444 g/mol. The smallest absolute Gasteiger partial charge is 0.374 e. The van der Waals surface area contributed by atoms with Crippen molar-refractivity contribution >= 4 is 17.8 Å². The molecule has 0 saturated carbocycles. The Morgan fingerprint density at radius 3 is 2.45 bits per heavy atom. The summed E-state index contributed by atoms with van der Waals surface area (Å²) in [6.07, 6.45) is 8.59. The zero-order chi connectivity index (χ0) is 22.9. The molecule has 2 aliphatic heterocycles. The van der Waals surface area contributed by atoms with Gasteiger partial charge in [-0.25, -0.2) is 4.79 Å². The molecule has 2 bridgehead atoms. The van der Waals surface area contributed by atoms with Crippen LogP contribution in [-0.2, 0) is 19.1 Å². The second-order valence-electron chi connectivity index (χ2n) is 8.41. The van der Waals surface area contributed by atoms with E-state index in [0.29, 0.717) is 19.4 Å². The molecule has 4 atom stereocenters. The molecule has 7 nitrogen and oxygen atoms in total. The average Bonchev–Trinajstić information content (AvgIpc) is 3.32. The van der Waals surface area contributed by atoms with E-state index in [0.717, 1.165) is 32.1 Å². The molecule has 0 aromatic carbocycles. The number of ether oxygens (including phenoxy) is 1. The zero-order valence-corrected chi connectivity index (χ0v) is 18.1. The molecule has 0 aromatic rings. The highest BCUT2D eigenvalue weighted by atomic mass is 19.3. The predicted molar refractivity (Wildman–Crippen MR) is 111 cm³/mol. The molecule has 2 heterocycles. The van der Waals surface area contributed by atoms with Crippen LogP contribution in [0.5, 0.6) is 0 Å². The summed E-state index contributed by atoms with van der Waals surface area (Å²) < 4.78 is 32.2. The third-order valence-corrected chi connectivity index (χ3v) is 6.09. The maximum Gasteiger partial charge on any atom is 0.374 e. The number of rotatable bonds is 14. The Morgan fingerprint density at radius 1 is 1.06 bits per heavy atom. The number of hydrogen-bond acceptors (Lipinski definition) is 4. The van der Waals surface area contributed by atoms with Crippen LogP contribution in [0.1, 0.15) is 64.7 Å². The van der Waals surface area contributed by atoms with Crippen LogP contribution < -0.4 is 10.6 Å². The Hall–Kier alpha value is -2.03. The number of unbranched alkanes of at least 4 members (excludes halogenated alkanes) is 2. The van der Waals surface area contributed by atoms with Crippen molar-refractivity contribution in [1.82, 2.24) is 10.6 Å². The lowest BCUT2D eigenvalue weighted by Gasteiger charge is -2.27. The Kier molecular flexibility index (Phi) is 9.87.